The van der Waals surface area contributed by atoms with Gasteiger partial charge in [-0.05, 0) is 67.8 Å². The zero-order valence-corrected chi connectivity index (χ0v) is 15.9. The van der Waals surface area contributed by atoms with Gasteiger partial charge in [-0.3, -0.25) is 9.59 Å². The number of aromatic nitrogens is 1. The summed E-state index contributed by atoms with van der Waals surface area (Å²) in [6, 6.07) is 17.1. The van der Waals surface area contributed by atoms with Crippen molar-refractivity contribution in [3.8, 4) is 5.69 Å². The molecule has 0 radical (unpaired) electrons. The summed E-state index contributed by atoms with van der Waals surface area (Å²) in [5.41, 5.74) is 4.18. The van der Waals surface area contributed by atoms with Crippen LogP contribution >= 0.6 is 0 Å². The number of carbonyl (C=O) groups excluding carboxylic acids is 2. The standard InChI is InChI=1S/C23H23N3O2/c1-17-10-11-18(15-21(17)25-12-4-5-13-25)23(28)24-19-7-6-8-20(16-19)26-14-3-2-9-22(26)27/h4-8,10-13,15-16H,2-3,9,14H2,1H3,(H,24,28). The fourth-order valence-electron chi connectivity index (χ4n) is 3.56. The van der Waals surface area contributed by atoms with Crippen LogP contribution in [-0.4, -0.2) is 22.9 Å². The number of amides is 2. The first kappa shape index (κ1) is 18.0. The van der Waals surface area contributed by atoms with Crippen LogP contribution in [0.2, 0.25) is 0 Å². The number of nitrogens with zero attached hydrogens (tertiary/aromatic N) is 2. The third kappa shape index (κ3) is 3.69. The summed E-state index contributed by atoms with van der Waals surface area (Å²) in [4.78, 5) is 26.8. The topological polar surface area (TPSA) is 54.3 Å². The molecule has 5 heteroatoms. The number of carbonyl (C=O) groups is 2. The molecule has 1 aliphatic heterocycles. The molecule has 0 saturated carbocycles. The lowest BCUT2D eigenvalue weighted by Crippen LogP contribution is -2.35. The first-order valence-corrected chi connectivity index (χ1v) is 9.57. The van der Waals surface area contributed by atoms with E-state index < -0.39 is 0 Å². The quantitative estimate of drug-likeness (QED) is 0.729. The molecule has 0 atom stereocenters. The second-order valence-electron chi connectivity index (χ2n) is 7.10. The molecular formula is C23H23N3O2. The molecule has 5 nitrogen and oxygen atoms in total. The number of nitrogens with one attached hydrogen (secondary N) is 1. The number of piperidine rings is 1. The number of hydrogen-bond donors (Lipinski definition) is 1. The summed E-state index contributed by atoms with van der Waals surface area (Å²) in [5, 5.41) is 2.96. The number of benzene rings is 2. The largest absolute Gasteiger partial charge is 0.324 e. The third-order valence-electron chi connectivity index (χ3n) is 5.09. The molecule has 1 N–H and O–H groups in total. The molecule has 1 fully saturated rings. The highest BCUT2D eigenvalue weighted by Crippen LogP contribution is 2.24. The lowest BCUT2D eigenvalue weighted by atomic mass is 10.1. The number of aryl methyl sites for hydroxylation is 1. The van der Waals surface area contributed by atoms with E-state index >= 15 is 0 Å². The van der Waals surface area contributed by atoms with Gasteiger partial charge in [-0.25, -0.2) is 0 Å². The van der Waals surface area contributed by atoms with Gasteiger partial charge in [-0.2, -0.15) is 0 Å². The Bertz CT molecular complexity index is 1010. The van der Waals surface area contributed by atoms with Crippen molar-refractivity contribution in [3.05, 3.63) is 78.1 Å². The minimum Gasteiger partial charge on any atom is -0.324 e. The summed E-state index contributed by atoms with van der Waals surface area (Å²) in [6.45, 7) is 2.75. The lowest BCUT2D eigenvalue weighted by Gasteiger charge is -2.27. The van der Waals surface area contributed by atoms with Gasteiger partial charge in [0.15, 0.2) is 0 Å². The van der Waals surface area contributed by atoms with Crippen LogP contribution in [0.4, 0.5) is 11.4 Å². The van der Waals surface area contributed by atoms with Crippen LogP contribution in [0.3, 0.4) is 0 Å². The van der Waals surface area contributed by atoms with E-state index in [9.17, 15) is 9.59 Å². The third-order valence-corrected chi connectivity index (χ3v) is 5.09. The maximum Gasteiger partial charge on any atom is 0.255 e. The maximum absolute atomic E-state index is 12.8. The lowest BCUT2D eigenvalue weighted by molar-refractivity contribution is -0.119. The Morgan fingerprint density at radius 2 is 1.82 bits per heavy atom. The summed E-state index contributed by atoms with van der Waals surface area (Å²) < 4.78 is 1.99. The van der Waals surface area contributed by atoms with Crippen LogP contribution in [0.5, 0.6) is 0 Å². The SMILES string of the molecule is Cc1ccc(C(=O)Nc2cccc(N3CCCCC3=O)c2)cc1-n1cccc1. The molecule has 142 valence electrons. The maximum atomic E-state index is 12.8. The zero-order chi connectivity index (χ0) is 19.5. The smallest absolute Gasteiger partial charge is 0.255 e. The van der Waals surface area contributed by atoms with E-state index in [2.05, 4.69) is 5.32 Å². The van der Waals surface area contributed by atoms with Crippen molar-refractivity contribution in [1.29, 1.82) is 0 Å². The Labute approximate surface area is 164 Å². The van der Waals surface area contributed by atoms with E-state index in [0.29, 0.717) is 17.7 Å². The van der Waals surface area contributed by atoms with E-state index in [-0.39, 0.29) is 11.8 Å². The van der Waals surface area contributed by atoms with Gasteiger partial charge in [0.25, 0.3) is 5.91 Å². The molecule has 1 aromatic heterocycles. The molecule has 2 amide bonds. The summed E-state index contributed by atoms with van der Waals surface area (Å²) in [7, 11) is 0. The molecule has 0 spiro atoms. The van der Waals surface area contributed by atoms with E-state index in [1.54, 1.807) is 4.90 Å². The predicted octanol–water partition coefficient (Wildman–Crippen LogP) is 4.55. The minimum absolute atomic E-state index is 0.143. The van der Waals surface area contributed by atoms with Gasteiger partial charge in [0.05, 0.1) is 0 Å². The molecule has 0 unspecified atom stereocenters. The Kier molecular flexibility index (Phi) is 4.98. The first-order valence-electron chi connectivity index (χ1n) is 9.57. The summed E-state index contributed by atoms with van der Waals surface area (Å²) in [5.74, 6) is -0.0276. The molecule has 28 heavy (non-hydrogen) atoms. The number of rotatable bonds is 4. The minimum atomic E-state index is -0.171. The van der Waals surface area contributed by atoms with Crippen LogP contribution in [-0.2, 0) is 4.79 Å². The zero-order valence-electron chi connectivity index (χ0n) is 15.9. The van der Waals surface area contributed by atoms with Crippen LogP contribution in [0.1, 0.15) is 35.2 Å². The van der Waals surface area contributed by atoms with Crippen molar-refractivity contribution in [2.45, 2.75) is 26.2 Å². The van der Waals surface area contributed by atoms with Gasteiger partial charge in [0.2, 0.25) is 5.91 Å². The highest BCUT2D eigenvalue weighted by Gasteiger charge is 2.20. The molecule has 4 rings (SSSR count). The van der Waals surface area contributed by atoms with Gasteiger partial charge in [-0.15, -0.1) is 0 Å². The first-order chi connectivity index (χ1) is 13.6. The Morgan fingerprint density at radius 3 is 2.61 bits per heavy atom. The molecule has 2 heterocycles. The van der Waals surface area contributed by atoms with E-state index in [4.69, 9.17) is 0 Å². The normalized spacial score (nSPS) is 14.2. The van der Waals surface area contributed by atoms with Crippen molar-refractivity contribution in [3.63, 3.8) is 0 Å². The molecular weight excluding hydrogens is 350 g/mol. The predicted molar refractivity (Wildman–Crippen MR) is 111 cm³/mol. The van der Waals surface area contributed by atoms with Crippen LogP contribution in [0.25, 0.3) is 5.69 Å². The number of hydrogen-bond acceptors (Lipinski definition) is 2. The van der Waals surface area contributed by atoms with Crippen LogP contribution < -0.4 is 10.2 Å². The molecule has 0 bridgehead atoms. The van der Waals surface area contributed by atoms with Crippen molar-refractivity contribution in [2.24, 2.45) is 0 Å². The van der Waals surface area contributed by atoms with Gasteiger partial charge >= 0.3 is 0 Å². The van der Waals surface area contributed by atoms with E-state index in [1.807, 2.05) is 78.5 Å². The molecule has 3 aromatic rings. The van der Waals surface area contributed by atoms with E-state index in [1.165, 1.54) is 0 Å². The fourth-order valence-corrected chi connectivity index (χ4v) is 3.56. The van der Waals surface area contributed by atoms with Crippen molar-refractivity contribution >= 4 is 23.2 Å². The second kappa shape index (κ2) is 7.72. The molecule has 2 aromatic carbocycles. The molecule has 1 aliphatic rings. The molecule has 0 aliphatic carbocycles. The van der Waals surface area contributed by atoms with Crippen molar-refractivity contribution in [1.82, 2.24) is 4.57 Å². The summed E-state index contributed by atoms with van der Waals surface area (Å²) >= 11 is 0. The number of anilines is 2. The Balaban J connectivity index is 1.55. The van der Waals surface area contributed by atoms with Gasteiger partial charge in [-0.1, -0.05) is 12.1 Å². The van der Waals surface area contributed by atoms with Crippen molar-refractivity contribution in [2.75, 3.05) is 16.8 Å². The average molecular weight is 373 g/mol. The highest BCUT2D eigenvalue weighted by molar-refractivity contribution is 6.05. The van der Waals surface area contributed by atoms with Crippen LogP contribution in [0.15, 0.2) is 67.0 Å². The Morgan fingerprint density at radius 1 is 1.00 bits per heavy atom. The summed E-state index contributed by atoms with van der Waals surface area (Å²) in [6.07, 6.45) is 6.46. The van der Waals surface area contributed by atoms with E-state index in [0.717, 1.165) is 36.3 Å². The molecule has 1 saturated heterocycles. The van der Waals surface area contributed by atoms with Gasteiger partial charge in [0.1, 0.15) is 0 Å². The average Bonchev–Trinajstić information content (AvgIpc) is 3.23. The monoisotopic (exact) mass is 373 g/mol. The van der Waals surface area contributed by atoms with Gasteiger partial charge < -0.3 is 14.8 Å². The fraction of sp³-hybridized carbons (Fsp3) is 0.217. The van der Waals surface area contributed by atoms with Crippen molar-refractivity contribution < 1.29 is 9.59 Å². The van der Waals surface area contributed by atoms with Gasteiger partial charge in [0, 0.05) is 48.0 Å². The second-order valence-corrected chi connectivity index (χ2v) is 7.10. The Hall–Kier alpha value is -3.34. The van der Waals surface area contributed by atoms with Crippen LogP contribution in [0, 0.1) is 6.92 Å². The highest BCUT2D eigenvalue weighted by atomic mass is 16.2.